The van der Waals surface area contributed by atoms with Crippen molar-refractivity contribution in [3.63, 3.8) is 0 Å². The van der Waals surface area contributed by atoms with Crippen LogP contribution in [0.5, 0.6) is 5.75 Å². The largest absolute Gasteiger partial charge is 0.488 e. The highest BCUT2D eigenvalue weighted by Crippen LogP contribution is 2.43. The molecule has 4 aromatic rings. The number of fused-ring (bicyclic) bond motifs is 6. The van der Waals surface area contributed by atoms with E-state index in [9.17, 15) is 9.59 Å². The van der Waals surface area contributed by atoms with Crippen LogP contribution < -0.4 is 10.1 Å². The molecule has 0 saturated carbocycles. The van der Waals surface area contributed by atoms with Crippen LogP contribution in [-0.4, -0.2) is 46.1 Å². The maximum Gasteiger partial charge on any atom is 0.407 e. The van der Waals surface area contributed by atoms with E-state index >= 15 is 0 Å². The quantitative estimate of drug-likeness (QED) is 0.293. The highest BCUT2D eigenvalue weighted by atomic mass is 35.5. The van der Waals surface area contributed by atoms with Crippen molar-refractivity contribution in [2.45, 2.75) is 58.8 Å². The summed E-state index contributed by atoms with van der Waals surface area (Å²) in [6.07, 6.45) is 0.160. The molecule has 208 valence electrons. The summed E-state index contributed by atoms with van der Waals surface area (Å²) >= 11 is 6.19. The number of aromatic amines is 1. The molecule has 3 aromatic carbocycles. The number of rotatable bonds is 4. The number of imidazole rings is 1. The first-order chi connectivity index (χ1) is 19.2. The first-order valence-electron chi connectivity index (χ1n) is 13.7. The van der Waals surface area contributed by atoms with Gasteiger partial charge in [-0.1, -0.05) is 38.4 Å². The normalized spacial score (nSPS) is 20.8. The van der Waals surface area contributed by atoms with Crippen molar-refractivity contribution in [2.24, 2.45) is 11.8 Å². The van der Waals surface area contributed by atoms with Crippen LogP contribution in [0.25, 0.3) is 32.9 Å². The summed E-state index contributed by atoms with van der Waals surface area (Å²) in [5, 5.41) is 5.54. The fourth-order valence-corrected chi connectivity index (χ4v) is 6.28. The first kappa shape index (κ1) is 26.4. The number of benzene rings is 3. The third kappa shape index (κ3) is 4.35. The number of likely N-dealkylation sites (tertiary alicyclic amines) is 1. The van der Waals surface area contributed by atoms with Crippen LogP contribution in [0.1, 0.15) is 51.5 Å². The molecule has 40 heavy (non-hydrogen) atoms. The molecular weight excluding hydrogens is 528 g/mol. The number of alkyl carbamates (subject to hydrolysis) is 1. The number of ether oxygens (including phenoxy) is 2. The predicted molar refractivity (Wildman–Crippen MR) is 155 cm³/mol. The molecule has 6 rings (SSSR count). The van der Waals surface area contributed by atoms with Gasteiger partial charge in [0.2, 0.25) is 5.91 Å². The van der Waals surface area contributed by atoms with Crippen molar-refractivity contribution in [2.75, 3.05) is 7.11 Å². The van der Waals surface area contributed by atoms with Crippen LogP contribution in [0.4, 0.5) is 4.79 Å². The van der Waals surface area contributed by atoms with Gasteiger partial charge in [0.15, 0.2) is 0 Å². The van der Waals surface area contributed by atoms with Crippen LogP contribution in [-0.2, 0) is 16.1 Å². The Hall–Kier alpha value is -3.78. The summed E-state index contributed by atoms with van der Waals surface area (Å²) in [7, 11) is 1.30. The van der Waals surface area contributed by atoms with Crippen LogP contribution in [0.2, 0.25) is 5.02 Å². The van der Waals surface area contributed by atoms with Crippen molar-refractivity contribution < 1.29 is 19.1 Å². The number of carbonyl (C=O) groups excluding carboxylic acids is 2. The average molecular weight is 561 g/mol. The Labute approximate surface area is 238 Å². The lowest BCUT2D eigenvalue weighted by atomic mass is 9.93. The number of hydrogen-bond acceptors (Lipinski definition) is 5. The number of hydrogen-bond donors (Lipinski definition) is 2. The predicted octanol–water partition coefficient (Wildman–Crippen LogP) is 6.61. The zero-order valence-electron chi connectivity index (χ0n) is 23.2. The Kier molecular flexibility index (Phi) is 6.61. The summed E-state index contributed by atoms with van der Waals surface area (Å²) in [5.41, 5.74) is 5.04. The molecule has 9 heteroatoms. The van der Waals surface area contributed by atoms with Gasteiger partial charge in [0.05, 0.1) is 24.2 Å². The van der Waals surface area contributed by atoms with Gasteiger partial charge in [0.1, 0.15) is 24.2 Å². The van der Waals surface area contributed by atoms with Gasteiger partial charge in [0.25, 0.3) is 0 Å². The second-order valence-corrected chi connectivity index (χ2v) is 11.8. The summed E-state index contributed by atoms with van der Waals surface area (Å²) in [4.78, 5) is 36.4. The number of methoxy groups -OCH3 is 1. The Balaban J connectivity index is 1.40. The second-order valence-electron chi connectivity index (χ2n) is 11.3. The first-order valence-corrected chi connectivity index (χ1v) is 14.1. The molecule has 1 fully saturated rings. The van der Waals surface area contributed by atoms with Crippen molar-refractivity contribution in [1.82, 2.24) is 20.2 Å². The molecule has 0 unspecified atom stereocenters. The molecule has 2 aliphatic heterocycles. The average Bonchev–Trinajstić information content (AvgIpc) is 3.50. The van der Waals surface area contributed by atoms with E-state index in [2.05, 4.69) is 42.3 Å². The number of halogens is 1. The van der Waals surface area contributed by atoms with Crippen LogP contribution in [0, 0.1) is 11.8 Å². The maximum absolute atomic E-state index is 13.9. The van der Waals surface area contributed by atoms with Crippen molar-refractivity contribution in [3.05, 3.63) is 58.9 Å². The summed E-state index contributed by atoms with van der Waals surface area (Å²) < 4.78 is 10.8. The van der Waals surface area contributed by atoms with Gasteiger partial charge >= 0.3 is 6.09 Å². The standard InChI is InChI=1S/C31H33ClN4O4/c1-15(2)27(35-31(38)39-5)30(37)36-17(4)16(3)10-25(36)29-33-24-9-6-18-11-22-19(12-23(18)28(24)34-29)14-40-26-13-20(32)7-8-21(22)26/h6-9,11-13,15-17,25,27H,10,14H2,1-5H3,(H,33,34)(H,35,38)/t16-,17-,25+,27+/m1/s1. The number of aromatic nitrogens is 2. The van der Waals surface area contributed by atoms with Crippen molar-refractivity contribution >= 4 is 45.4 Å². The molecule has 2 amide bonds. The molecule has 8 nitrogen and oxygen atoms in total. The van der Waals surface area contributed by atoms with Crippen LogP contribution in [0.15, 0.2) is 42.5 Å². The second kappa shape index (κ2) is 10.0. The van der Waals surface area contributed by atoms with Crippen LogP contribution in [0.3, 0.4) is 0 Å². The fourth-order valence-electron chi connectivity index (χ4n) is 6.12. The molecule has 1 aromatic heterocycles. The summed E-state index contributed by atoms with van der Waals surface area (Å²) in [6, 6.07) is 13.3. The molecule has 0 radical (unpaired) electrons. The number of carbonyl (C=O) groups is 2. The highest BCUT2D eigenvalue weighted by molar-refractivity contribution is 6.30. The summed E-state index contributed by atoms with van der Waals surface area (Å²) in [5.74, 6) is 1.58. The molecule has 3 heterocycles. The Morgan fingerprint density at radius 1 is 1.15 bits per heavy atom. The van der Waals surface area contributed by atoms with E-state index in [4.69, 9.17) is 26.1 Å². The van der Waals surface area contributed by atoms with E-state index < -0.39 is 12.1 Å². The Bertz CT molecular complexity index is 1650. The SMILES string of the molecule is COC(=O)N[C@H](C(=O)N1[C@H](C)[C@H](C)C[C@H]1c1nc2ccc3cc4c(cc3c2[nH]1)COc1cc(Cl)ccc1-4)C(C)C. The molecule has 4 atom stereocenters. The van der Waals surface area contributed by atoms with E-state index in [1.165, 1.54) is 7.11 Å². The summed E-state index contributed by atoms with van der Waals surface area (Å²) in [6.45, 7) is 8.51. The van der Waals surface area contributed by atoms with Crippen molar-refractivity contribution in [3.8, 4) is 16.9 Å². The van der Waals surface area contributed by atoms with E-state index in [1.807, 2.05) is 43.0 Å². The zero-order chi connectivity index (χ0) is 28.3. The molecule has 0 aliphatic carbocycles. The van der Waals surface area contributed by atoms with Gasteiger partial charge in [-0.3, -0.25) is 4.79 Å². The fraction of sp³-hybridized carbons (Fsp3) is 0.387. The monoisotopic (exact) mass is 560 g/mol. The minimum absolute atomic E-state index is 0.0131. The molecule has 0 bridgehead atoms. The van der Waals surface area contributed by atoms with Crippen LogP contribution >= 0.6 is 11.6 Å². The molecule has 0 spiro atoms. The molecule has 1 saturated heterocycles. The molecule has 2 N–H and O–H groups in total. The molecule has 2 aliphatic rings. The van der Waals surface area contributed by atoms with Gasteiger partial charge in [-0.2, -0.15) is 0 Å². The van der Waals surface area contributed by atoms with Gasteiger partial charge < -0.3 is 24.7 Å². The van der Waals surface area contributed by atoms with Gasteiger partial charge in [0, 0.05) is 22.0 Å². The molecular formula is C31H33ClN4O4. The van der Waals surface area contributed by atoms with Gasteiger partial charge in [-0.05, 0) is 78.1 Å². The lowest BCUT2D eigenvalue weighted by Crippen LogP contribution is -2.53. The number of amides is 2. The van der Waals surface area contributed by atoms with E-state index in [0.717, 1.165) is 56.5 Å². The minimum atomic E-state index is -0.697. The van der Waals surface area contributed by atoms with E-state index in [0.29, 0.717) is 11.6 Å². The number of H-pyrrole nitrogens is 1. The zero-order valence-corrected chi connectivity index (χ0v) is 24.0. The Morgan fingerprint density at radius 2 is 1.95 bits per heavy atom. The lowest BCUT2D eigenvalue weighted by Gasteiger charge is -2.33. The van der Waals surface area contributed by atoms with Gasteiger partial charge in [-0.25, -0.2) is 9.78 Å². The number of nitrogens with one attached hydrogen (secondary N) is 2. The topological polar surface area (TPSA) is 96.5 Å². The maximum atomic E-state index is 13.9. The third-order valence-corrected chi connectivity index (χ3v) is 8.72. The highest BCUT2D eigenvalue weighted by Gasteiger charge is 2.44. The number of nitrogens with zero attached hydrogens (tertiary/aromatic N) is 2. The Morgan fingerprint density at radius 3 is 2.70 bits per heavy atom. The van der Waals surface area contributed by atoms with Crippen molar-refractivity contribution in [1.29, 1.82) is 0 Å². The lowest BCUT2D eigenvalue weighted by molar-refractivity contribution is -0.137. The van der Waals surface area contributed by atoms with E-state index in [-0.39, 0.29) is 29.8 Å². The van der Waals surface area contributed by atoms with Gasteiger partial charge in [-0.15, -0.1) is 0 Å². The third-order valence-electron chi connectivity index (χ3n) is 8.49. The van der Waals surface area contributed by atoms with E-state index in [1.54, 1.807) is 0 Å². The minimum Gasteiger partial charge on any atom is -0.488 e. The smallest absolute Gasteiger partial charge is 0.407 e.